The predicted octanol–water partition coefficient (Wildman–Crippen LogP) is 5.73. The van der Waals surface area contributed by atoms with Crippen molar-refractivity contribution in [1.29, 1.82) is 0 Å². The lowest BCUT2D eigenvalue weighted by Gasteiger charge is -2.35. The van der Waals surface area contributed by atoms with Crippen molar-refractivity contribution in [1.82, 2.24) is 5.32 Å². The van der Waals surface area contributed by atoms with Gasteiger partial charge in [-0.05, 0) is 106 Å². The van der Waals surface area contributed by atoms with Crippen molar-refractivity contribution in [2.24, 2.45) is 0 Å². The van der Waals surface area contributed by atoms with Crippen molar-refractivity contribution >= 4 is 5.91 Å². The molecule has 1 amide bonds. The molecular weight excluding hydrogens is 390 g/mol. The highest BCUT2D eigenvalue weighted by atomic mass is 16.5. The molecule has 0 aliphatic carbocycles. The van der Waals surface area contributed by atoms with E-state index in [4.69, 9.17) is 13.6 Å². The first-order chi connectivity index (χ1) is 14.6. The van der Waals surface area contributed by atoms with Gasteiger partial charge in [-0.25, -0.2) is 0 Å². The second-order valence-electron chi connectivity index (χ2n) is 9.16. The summed E-state index contributed by atoms with van der Waals surface area (Å²) in [5.41, 5.74) is 6.12. The van der Waals surface area contributed by atoms with Crippen LogP contribution in [0.25, 0.3) is 0 Å². The van der Waals surface area contributed by atoms with Gasteiger partial charge in [-0.1, -0.05) is 0 Å². The fourth-order valence-corrected chi connectivity index (χ4v) is 4.32. The van der Waals surface area contributed by atoms with Crippen LogP contribution >= 0.6 is 0 Å². The zero-order valence-corrected chi connectivity index (χ0v) is 19.3. The lowest BCUT2D eigenvalue weighted by molar-refractivity contribution is 0.0833. The van der Waals surface area contributed by atoms with E-state index in [9.17, 15) is 4.79 Å². The van der Waals surface area contributed by atoms with E-state index >= 15 is 0 Å². The highest BCUT2D eigenvalue weighted by molar-refractivity contribution is 5.91. The second kappa shape index (κ2) is 7.95. The number of ether oxygens (including phenoxy) is 1. The third-order valence-corrected chi connectivity index (χ3v) is 6.35. The van der Waals surface area contributed by atoms with E-state index in [1.54, 1.807) is 6.07 Å². The van der Waals surface area contributed by atoms with Crippen LogP contribution < -0.4 is 10.1 Å². The maximum Gasteiger partial charge on any atom is 0.287 e. The quantitative estimate of drug-likeness (QED) is 0.571. The number of amides is 1. The Labute approximate surface area is 183 Å². The first-order valence-corrected chi connectivity index (χ1v) is 10.9. The average molecular weight is 422 g/mol. The van der Waals surface area contributed by atoms with Gasteiger partial charge in [-0.3, -0.25) is 4.79 Å². The number of furan rings is 2. The Morgan fingerprint density at radius 2 is 1.71 bits per heavy atom. The maximum absolute atomic E-state index is 12.5. The summed E-state index contributed by atoms with van der Waals surface area (Å²) in [6.07, 6.45) is 2.67. The Morgan fingerprint density at radius 3 is 2.42 bits per heavy atom. The van der Waals surface area contributed by atoms with Crippen LogP contribution in [0.4, 0.5) is 0 Å². The summed E-state index contributed by atoms with van der Waals surface area (Å²) in [5.74, 6) is 3.44. The molecule has 1 N–H and O–H groups in total. The largest absolute Gasteiger partial charge is 0.487 e. The molecule has 3 aromatic rings. The molecule has 0 unspecified atom stereocenters. The van der Waals surface area contributed by atoms with Gasteiger partial charge in [0.1, 0.15) is 28.6 Å². The number of hydrogen-bond donors (Lipinski definition) is 1. The molecule has 0 bridgehead atoms. The smallest absolute Gasteiger partial charge is 0.287 e. The van der Waals surface area contributed by atoms with Crippen LogP contribution in [-0.4, -0.2) is 11.5 Å². The molecule has 0 spiro atoms. The molecule has 1 aromatic carbocycles. The Morgan fingerprint density at radius 1 is 0.968 bits per heavy atom. The minimum absolute atomic E-state index is 0.129. The minimum atomic E-state index is -0.244. The van der Waals surface area contributed by atoms with Crippen LogP contribution in [0.1, 0.15) is 75.9 Å². The van der Waals surface area contributed by atoms with Gasteiger partial charge in [-0.2, -0.15) is 0 Å². The lowest BCUT2D eigenvalue weighted by Crippen LogP contribution is -2.33. The number of carbonyl (C=O) groups excluding carboxylic acids is 1. The molecule has 5 heteroatoms. The first-order valence-electron chi connectivity index (χ1n) is 10.9. The van der Waals surface area contributed by atoms with Gasteiger partial charge < -0.3 is 18.9 Å². The summed E-state index contributed by atoms with van der Waals surface area (Å²) in [6.45, 7) is 13.0. The molecule has 0 fully saturated rings. The Hall–Kier alpha value is -2.95. The van der Waals surface area contributed by atoms with E-state index in [1.807, 2.05) is 25.1 Å². The molecule has 0 saturated carbocycles. The maximum atomic E-state index is 12.5. The SMILES string of the molecule is Cc1ccc(CNC(=O)c2ccc(Cc3c(C)c(C)c4c(c3C)CCC(C)(C)O4)o2)o1. The van der Waals surface area contributed by atoms with Crippen molar-refractivity contribution in [2.45, 2.75) is 73.0 Å². The monoisotopic (exact) mass is 421 g/mol. The number of fused-ring (bicyclic) bond motifs is 1. The normalized spacial score (nSPS) is 14.8. The highest BCUT2D eigenvalue weighted by Gasteiger charge is 2.30. The van der Waals surface area contributed by atoms with E-state index in [-0.39, 0.29) is 11.5 Å². The molecule has 164 valence electrons. The average Bonchev–Trinajstić information content (AvgIpc) is 3.36. The van der Waals surface area contributed by atoms with Gasteiger partial charge in [0, 0.05) is 6.42 Å². The van der Waals surface area contributed by atoms with Gasteiger partial charge in [0.25, 0.3) is 5.91 Å². The number of carbonyl (C=O) groups is 1. The van der Waals surface area contributed by atoms with Crippen LogP contribution in [0.2, 0.25) is 0 Å². The summed E-state index contributed by atoms with van der Waals surface area (Å²) < 4.78 is 17.7. The molecule has 3 heterocycles. The van der Waals surface area contributed by atoms with Gasteiger partial charge >= 0.3 is 0 Å². The number of rotatable bonds is 5. The predicted molar refractivity (Wildman–Crippen MR) is 120 cm³/mol. The molecule has 5 nitrogen and oxygen atoms in total. The van der Waals surface area contributed by atoms with Crippen LogP contribution in [0.5, 0.6) is 5.75 Å². The summed E-state index contributed by atoms with van der Waals surface area (Å²) in [7, 11) is 0. The van der Waals surface area contributed by atoms with Crippen LogP contribution in [-0.2, 0) is 19.4 Å². The summed E-state index contributed by atoms with van der Waals surface area (Å²) in [4.78, 5) is 12.5. The number of benzene rings is 1. The highest BCUT2D eigenvalue weighted by Crippen LogP contribution is 2.41. The number of nitrogens with one attached hydrogen (secondary N) is 1. The molecule has 0 radical (unpaired) electrons. The summed E-state index contributed by atoms with van der Waals surface area (Å²) in [5, 5.41) is 2.84. The van der Waals surface area contributed by atoms with Crippen molar-refractivity contribution < 1.29 is 18.4 Å². The van der Waals surface area contributed by atoms with Gasteiger partial charge in [-0.15, -0.1) is 0 Å². The minimum Gasteiger partial charge on any atom is -0.487 e. The molecule has 1 aliphatic rings. The van der Waals surface area contributed by atoms with E-state index in [0.717, 1.165) is 35.9 Å². The molecule has 0 saturated heterocycles. The van der Waals surface area contributed by atoms with Gasteiger partial charge in [0.05, 0.1) is 6.54 Å². The van der Waals surface area contributed by atoms with Crippen LogP contribution in [0.3, 0.4) is 0 Å². The Balaban J connectivity index is 1.52. The number of hydrogen-bond acceptors (Lipinski definition) is 4. The summed E-state index contributed by atoms with van der Waals surface area (Å²) >= 11 is 0. The standard InChI is InChI=1S/C26H31NO4/c1-15-7-8-20(29-15)14-27-25(28)23-10-9-19(30-23)13-22-16(2)17(3)24-21(18(22)4)11-12-26(5,6)31-24/h7-10H,11-14H2,1-6H3,(H,27,28). The van der Waals surface area contributed by atoms with Gasteiger partial charge in [0.15, 0.2) is 5.76 Å². The second-order valence-corrected chi connectivity index (χ2v) is 9.16. The zero-order valence-electron chi connectivity index (χ0n) is 19.3. The Bertz CT molecular complexity index is 1130. The van der Waals surface area contributed by atoms with Gasteiger partial charge in [0.2, 0.25) is 0 Å². The third kappa shape index (κ3) is 4.27. The molecule has 4 rings (SSSR count). The van der Waals surface area contributed by atoms with Crippen LogP contribution in [0, 0.1) is 27.7 Å². The van der Waals surface area contributed by atoms with E-state index < -0.39 is 0 Å². The molecule has 1 aliphatic heterocycles. The summed E-state index contributed by atoms with van der Waals surface area (Å²) in [6, 6.07) is 7.36. The van der Waals surface area contributed by atoms with Crippen molar-refractivity contribution in [3.8, 4) is 5.75 Å². The molecular formula is C26H31NO4. The lowest BCUT2D eigenvalue weighted by atomic mass is 9.84. The van der Waals surface area contributed by atoms with E-state index in [1.165, 1.54) is 27.8 Å². The van der Waals surface area contributed by atoms with Crippen molar-refractivity contribution in [3.05, 3.63) is 75.1 Å². The Kier molecular flexibility index (Phi) is 5.46. The molecule has 2 aromatic heterocycles. The number of aryl methyl sites for hydroxylation is 1. The fraction of sp³-hybridized carbons (Fsp3) is 0.423. The van der Waals surface area contributed by atoms with Crippen molar-refractivity contribution in [2.75, 3.05) is 0 Å². The molecule has 0 atom stereocenters. The zero-order chi connectivity index (χ0) is 22.3. The third-order valence-electron chi connectivity index (χ3n) is 6.35. The first kappa shape index (κ1) is 21.3. The van der Waals surface area contributed by atoms with E-state index in [2.05, 4.69) is 39.9 Å². The van der Waals surface area contributed by atoms with Crippen molar-refractivity contribution in [3.63, 3.8) is 0 Å². The topological polar surface area (TPSA) is 64.6 Å². The fourth-order valence-electron chi connectivity index (χ4n) is 4.32. The van der Waals surface area contributed by atoms with E-state index in [0.29, 0.717) is 18.7 Å². The molecule has 31 heavy (non-hydrogen) atoms. The van der Waals surface area contributed by atoms with Crippen LogP contribution in [0.15, 0.2) is 33.1 Å².